The van der Waals surface area contributed by atoms with E-state index in [2.05, 4.69) is 0 Å². The lowest BCUT2D eigenvalue weighted by Crippen LogP contribution is -2.38. The summed E-state index contributed by atoms with van der Waals surface area (Å²) in [6, 6.07) is 5.29. The van der Waals surface area contributed by atoms with Gasteiger partial charge in [-0.3, -0.25) is 4.79 Å². The molecule has 2 rings (SSSR count). The molecule has 1 heterocycles. The first-order valence-corrected chi connectivity index (χ1v) is 7.40. The van der Waals surface area contributed by atoms with E-state index in [9.17, 15) is 4.79 Å². The summed E-state index contributed by atoms with van der Waals surface area (Å²) in [5, 5.41) is 0. The van der Waals surface area contributed by atoms with Crippen LogP contribution in [-0.4, -0.2) is 44.7 Å². The predicted octanol–water partition coefficient (Wildman–Crippen LogP) is 1.90. The molecule has 21 heavy (non-hydrogen) atoms. The molecule has 0 unspecified atom stereocenters. The molecule has 1 aliphatic rings. The number of ether oxygens (including phenoxy) is 2. The Morgan fingerprint density at radius 3 is 2.24 bits per heavy atom. The molecule has 0 aliphatic carbocycles. The van der Waals surface area contributed by atoms with E-state index in [-0.39, 0.29) is 5.91 Å². The number of carbonyl (C=O) groups excluding carboxylic acids is 1. The van der Waals surface area contributed by atoms with Crippen molar-refractivity contribution in [2.45, 2.75) is 19.3 Å². The molecule has 0 aromatic heterocycles. The van der Waals surface area contributed by atoms with Crippen LogP contribution in [0, 0.1) is 5.92 Å². The molecule has 1 aromatic rings. The van der Waals surface area contributed by atoms with Crippen LogP contribution >= 0.6 is 0 Å². The van der Waals surface area contributed by atoms with Crippen LogP contribution in [0.1, 0.15) is 29.6 Å². The third-order valence-corrected chi connectivity index (χ3v) is 4.08. The summed E-state index contributed by atoms with van der Waals surface area (Å²) < 4.78 is 10.4. The fraction of sp³-hybridized carbons (Fsp3) is 0.562. The third kappa shape index (κ3) is 3.88. The SMILES string of the molecule is COc1cc(OC)cc(C(=O)N2CCC(CCN)CC2)c1. The molecule has 0 atom stereocenters. The Kier molecular flexibility index (Phi) is 5.44. The minimum Gasteiger partial charge on any atom is -0.497 e. The number of carbonyl (C=O) groups is 1. The fourth-order valence-electron chi connectivity index (χ4n) is 2.77. The zero-order valence-electron chi connectivity index (χ0n) is 12.8. The topological polar surface area (TPSA) is 64.8 Å². The number of piperidine rings is 1. The van der Waals surface area contributed by atoms with Crippen LogP contribution in [0.2, 0.25) is 0 Å². The van der Waals surface area contributed by atoms with Crippen molar-refractivity contribution < 1.29 is 14.3 Å². The number of amides is 1. The molecule has 116 valence electrons. The highest BCUT2D eigenvalue weighted by Crippen LogP contribution is 2.26. The maximum absolute atomic E-state index is 12.6. The second-order valence-electron chi connectivity index (χ2n) is 5.41. The minimum absolute atomic E-state index is 0.0402. The predicted molar refractivity (Wildman–Crippen MR) is 81.8 cm³/mol. The summed E-state index contributed by atoms with van der Waals surface area (Å²) >= 11 is 0. The first kappa shape index (κ1) is 15.6. The maximum atomic E-state index is 12.6. The van der Waals surface area contributed by atoms with Gasteiger partial charge in [-0.25, -0.2) is 0 Å². The highest BCUT2D eigenvalue weighted by atomic mass is 16.5. The van der Waals surface area contributed by atoms with Crippen LogP contribution in [0.25, 0.3) is 0 Å². The fourth-order valence-corrected chi connectivity index (χ4v) is 2.77. The lowest BCUT2D eigenvalue weighted by Gasteiger charge is -2.32. The highest BCUT2D eigenvalue weighted by Gasteiger charge is 2.23. The van der Waals surface area contributed by atoms with Crippen molar-refractivity contribution >= 4 is 5.91 Å². The highest BCUT2D eigenvalue weighted by molar-refractivity contribution is 5.95. The largest absolute Gasteiger partial charge is 0.497 e. The molecule has 1 aromatic carbocycles. The van der Waals surface area contributed by atoms with Gasteiger partial charge in [0.2, 0.25) is 0 Å². The normalized spacial score (nSPS) is 15.9. The number of methoxy groups -OCH3 is 2. The number of hydrogen-bond acceptors (Lipinski definition) is 4. The molecule has 1 amide bonds. The summed E-state index contributed by atoms with van der Waals surface area (Å²) in [4.78, 5) is 14.5. The van der Waals surface area contributed by atoms with E-state index in [4.69, 9.17) is 15.2 Å². The first-order valence-electron chi connectivity index (χ1n) is 7.40. The molecule has 5 nitrogen and oxygen atoms in total. The summed E-state index contributed by atoms with van der Waals surface area (Å²) in [6.45, 7) is 2.32. The quantitative estimate of drug-likeness (QED) is 0.900. The van der Waals surface area contributed by atoms with Gasteiger partial charge in [-0.1, -0.05) is 0 Å². The molecule has 0 saturated carbocycles. The standard InChI is InChI=1S/C16H24N2O3/c1-20-14-9-13(10-15(11-14)21-2)16(19)18-7-4-12(3-6-17)5-8-18/h9-12H,3-8,17H2,1-2H3. The molecule has 0 bridgehead atoms. The van der Waals surface area contributed by atoms with Crippen LogP contribution in [0.3, 0.4) is 0 Å². The van der Waals surface area contributed by atoms with Crippen molar-refractivity contribution in [1.29, 1.82) is 0 Å². The van der Waals surface area contributed by atoms with E-state index in [1.54, 1.807) is 32.4 Å². The van der Waals surface area contributed by atoms with Gasteiger partial charge >= 0.3 is 0 Å². The van der Waals surface area contributed by atoms with E-state index in [0.717, 1.165) is 38.9 Å². The summed E-state index contributed by atoms with van der Waals surface area (Å²) in [5.74, 6) is 1.96. The Bertz CT molecular complexity index is 460. The Hall–Kier alpha value is -1.75. The van der Waals surface area contributed by atoms with Crippen LogP contribution in [0.5, 0.6) is 11.5 Å². The van der Waals surface area contributed by atoms with Gasteiger partial charge in [-0.2, -0.15) is 0 Å². The number of rotatable bonds is 5. The molecule has 1 fully saturated rings. The lowest BCUT2D eigenvalue weighted by atomic mass is 9.93. The van der Waals surface area contributed by atoms with Crippen molar-refractivity contribution in [3.05, 3.63) is 23.8 Å². The van der Waals surface area contributed by atoms with E-state index in [1.807, 2.05) is 4.90 Å². The van der Waals surface area contributed by atoms with Crippen LogP contribution < -0.4 is 15.2 Å². The Labute approximate surface area is 126 Å². The van der Waals surface area contributed by atoms with Crippen molar-refractivity contribution in [3.8, 4) is 11.5 Å². The van der Waals surface area contributed by atoms with Gasteiger partial charge in [0.1, 0.15) is 11.5 Å². The van der Waals surface area contributed by atoms with Crippen LogP contribution in [0.4, 0.5) is 0 Å². The second kappa shape index (κ2) is 7.31. The minimum atomic E-state index is 0.0402. The van der Waals surface area contributed by atoms with Crippen molar-refractivity contribution in [2.75, 3.05) is 33.9 Å². The lowest BCUT2D eigenvalue weighted by molar-refractivity contribution is 0.0687. The van der Waals surface area contributed by atoms with Crippen molar-refractivity contribution in [1.82, 2.24) is 4.90 Å². The van der Waals surface area contributed by atoms with Crippen LogP contribution in [0.15, 0.2) is 18.2 Å². The van der Waals surface area contributed by atoms with E-state index in [0.29, 0.717) is 23.0 Å². The monoisotopic (exact) mass is 292 g/mol. The Balaban J connectivity index is 2.06. The van der Waals surface area contributed by atoms with Crippen molar-refractivity contribution in [3.63, 3.8) is 0 Å². The maximum Gasteiger partial charge on any atom is 0.254 e. The Morgan fingerprint density at radius 2 is 1.76 bits per heavy atom. The smallest absolute Gasteiger partial charge is 0.254 e. The average Bonchev–Trinajstić information content (AvgIpc) is 2.54. The van der Waals surface area contributed by atoms with Gasteiger partial charge in [0, 0.05) is 24.7 Å². The number of benzene rings is 1. The second-order valence-corrected chi connectivity index (χ2v) is 5.41. The molecule has 0 radical (unpaired) electrons. The van der Waals surface area contributed by atoms with Gasteiger partial charge in [-0.05, 0) is 43.9 Å². The van der Waals surface area contributed by atoms with Crippen LogP contribution in [-0.2, 0) is 0 Å². The van der Waals surface area contributed by atoms with Gasteiger partial charge < -0.3 is 20.1 Å². The molecular weight excluding hydrogens is 268 g/mol. The first-order chi connectivity index (χ1) is 10.2. The molecule has 2 N–H and O–H groups in total. The number of hydrogen-bond donors (Lipinski definition) is 1. The zero-order valence-corrected chi connectivity index (χ0v) is 12.8. The number of nitrogens with two attached hydrogens (primary N) is 1. The summed E-state index contributed by atoms with van der Waals surface area (Å²) in [7, 11) is 3.17. The molecular formula is C16H24N2O3. The number of nitrogens with zero attached hydrogens (tertiary/aromatic N) is 1. The zero-order chi connectivity index (χ0) is 15.2. The van der Waals surface area contributed by atoms with E-state index >= 15 is 0 Å². The van der Waals surface area contributed by atoms with Gasteiger partial charge in [0.15, 0.2) is 0 Å². The van der Waals surface area contributed by atoms with E-state index < -0.39 is 0 Å². The number of likely N-dealkylation sites (tertiary alicyclic amines) is 1. The molecule has 1 aliphatic heterocycles. The average molecular weight is 292 g/mol. The molecule has 0 spiro atoms. The van der Waals surface area contributed by atoms with Gasteiger partial charge in [-0.15, -0.1) is 0 Å². The third-order valence-electron chi connectivity index (χ3n) is 4.08. The summed E-state index contributed by atoms with van der Waals surface area (Å²) in [5.41, 5.74) is 6.21. The van der Waals surface area contributed by atoms with Crippen molar-refractivity contribution in [2.24, 2.45) is 11.7 Å². The van der Waals surface area contributed by atoms with Gasteiger partial charge in [0.05, 0.1) is 14.2 Å². The van der Waals surface area contributed by atoms with E-state index in [1.165, 1.54) is 0 Å². The molecule has 1 saturated heterocycles. The Morgan fingerprint density at radius 1 is 1.19 bits per heavy atom. The molecule has 5 heteroatoms. The summed E-state index contributed by atoms with van der Waals surface area (Å²) in [6.07, 6.45) is 3.11. The van der Waals surface area contributed by atoms with Gasteiger partial charge in [0.25, 0.3) is 5.91 Å².